The number of hydrogen-bond donors (Lipinski definition) is 2. The van der Waals surface area contributed by atoms with Crippen LogP contribution in [0.15, 0.2) is 84.9 Å². The van der Waals surface area contributed by atoms with Crippen LogP contribution in [0.4, 0.5) is 5.69 Å². The van der Waals surface area contributed by atoms with Gasteiger partial charge < -0.3 is 10.4 Å². The van der Waals surface area contributed by atoms with E-state index in [0.29, 0.717) is 21.5 Å². The van der Waals surface area contributed by atoms with Gasteiger partial charge in [-0.2, -0.15) is 0 Å². The Bertz CT molecular complexity index is 1160. The maximum absolute atomic E-state index is 11.0. The average molecular weight is 457 g/mol. The molecular weight excluding hydrogens is 437 g/mol. The SMILES string of the molecule is OC(CC(Nc1ccc(Cl)cc1)c1ccc(Cl)c(Cl)c1)c1ccc2ccccc2c1. The van der Waals surface area contributed by atoms with Crippen LogP contribution in [0.1, 0.15) is 29.7 Å². The zero-order valence-corrected chi connectivity index (χ0v) is 18.3. The summed E-state index contributed by atoms with van der Waals surface area (Å²) in [6, 6.07) is 27.0. The molecule has 0 aromatic heterocycles. The van der Waals surface area contributed by atoms with Crippen LogP contribution in [0.25, 0.3) is 10.8 Å². The van der Waals surface area contributed by atoms with Crippen molar-refractivity contribution in [2.45, 2.75) is 18.6 Å². The quantitative estimate of drug-likeness (QED) is 0.307. The van der Waals surface area contributed by atoms with Crippen molar-refractivity contribution in [1.29, 1.82) is 0 Å². The Morgan fingerprint density at radius 2 is 1.40 bits per heavy atom. The lowest BCUT2D eigenvalue weighted by Crippen LogP contribution is -2.15. The molecule has 0 saturated carbocycles. The van der Waals surface area contributed by atoms with Gasteiger partial charge in [-0.1, -0.05) is 77.3 Å². The topological polar surface area (TPSA) is 32.3 Å². The first kappa shape index (κ1) is 21.0. The summed E-state index contributed by atoms with van der Waals surface area (Å²) in [6.45, 7) is 0. The van der Waals surface area contributed by atoms with E-state index >= 15 is 0 Å². The minimum absolute atomic E-state index is 0.178. The van der Waals surface area contributed by atoms with E-state index in [4.69, 9.17) is 34.8 Å². The van der Waals surface area contributed by atoms with Crippen LogP contribution in [0.3, 0.4) is 0 Å². The number of aliphatic hydroxyl groups is 1. The molecule has 0 aliphatic carbocycles. The van der Waals surface area contributed by atoms with Gasteiger partial charge in [0.15, 0.2) is 0 Å². The molecule has 4 aromatic carbocycles. The number of nitrogens with one attached hydrogen (secondary N) is 1. The third-order valence-electron chi connectivity index (χ3n) is 5.15. The summed E-state index contributed by atoms with van der Waals surface area (Å²) >= 11 is 18.4. The Kier molecular flexibility index (Phi) is 6.50. The van der Waals surface area contributed by atoms with Crippen molar-refractivity contribution < 1.29 is 5.11 Å². The van der Waals surface area contributed by atoms with Gasteiger partial charge in [-0.3, -0.25) is 0 Å². The van der Waals surface area contributed by atoms with Crippen LogP contribution in [0.5, 0.6) is 0 Å². The number of hydrogen-bond acceptors (Lipinski definition) is 2. The highest BCUT2D eigenvalue weighted by molar-refractivity contribution is 6.42. The van der Waals surface area contributed by atoms with E-state index < -0.39 is 6.10 Å². The third kappa shape index (κ3) is 4.91. The van der Waals surface area contributed by atoms with Crippen molar-refractivity contribution in [1.82, 2.24) is 0 Å². The second-order valence-corrected chi connectivity index (χ2v) is 8.49. The third-order valence-corrected chi connectivity index (χ3v) is 6.14. The minimum atomic E-state index is -0.658. The summed E-state index contributed by atoms with van der Waals surface area (Å²) < 4.78 is 0. The number of benzene rings is 4. The van der Waals surface area contributed by atoms with Gasteiger partial charge in [0.25, 0.3) is 0 Å². The van der Waals surface area contributed by atoms with Gasteiger partial charge in [-0.25, -0.2) is 0 Å². The smallest absolute Gasteiger partial charge is 0.0813 e. The first-order chi connectivity index (χ1) is 14.5. The molecule has 4 rings (SSSR count). The number of halogens is 3. The molecule has 0 aliphatic heterocycles. The first-order valence-corrected chi connectivity index (χ1v) is 10.8. The maximum atomic E-state index is 11.0. The van der Waals surface area contributed by atoms with Crippen LogP contribution in [-0.2, 0) is 0 Å². The van der Waals surface area contributed by atoms with Crippen LogP contribution >= 0.6 is 34.8 Å². The Labute approximate surface area is 191 Å². The van der Waals surface area contributed by atoms with Crippen molar-refractivity contribution in [3.63, 3.8) is 0 Å². The van der Waals surface area contributed by atoms with Crippen molar-refractivity contribution >= 4 is 51.3 Å². The van der Waals surface area contributed by atoms with E-state index in [-0.39, 0.29) is 6.04 Å². The summed E-state index contributed by atoms with van der Waals surface area (Å²) in [5, 5.41) is 18.4. The molecule has 4 aromatic rings. The lowest BCUT2D eigenvalue weighted by atomic mass is 9.95. The van der Waals surface area contributed by atoms with Gasteiger partial charge in [-0.05, 0) is 64.4 Å². The fourth-order valence-corrected chi connectivity index (χ4v) is 3.96. The van der Waals surface area contributed by atoms with Crippen LogP contribution in [-0.4, -0.2) is 5.11 Å². The summed E-state index contributed by atoms with van der Waals surface area (Å²) in [5.74, 6) is 0. The standard InChI is InChI=1S/C25H20Cl3NO/c26-20-8-10-21(11-9-20)29-24(18-7-12-22(27)23(28)14-18)15-25(30)19-6-5-16-3-1-2-4-17(16)13-19/h1-14,24-25,29-30H,15H2. The van der Waals surface area contributed by atoms with Crippen LogP contribution < -0.4 is 5.32 Å². The molecule has 2 unspecified atom stereocenters. The Morgan fingerprint density at radius 3 is 2.13 bits per heavy atom. The molecule has 0 radical (unpaired) electrons. The Hall–Kier alpha value is -2.23. The number of fused-ring (bicyclic) bond motifs is 1. The van der Waals surface area contributed by atoms with Gasteiger partial charge >= 0.3 is 0 Å². The number of anilines is 1. The predicted molar refractivity (Wildman–Crippen MR) is 128 cm³/mol. The van der Waals surface area contributed by atoms with Crippen molar-refractivity contribution in [3.05, 3.63) is 111 Å². The summed E-state index contributed by atoms with van der Waals surface area (Å²) in [7, 11) is 0. The summed E-state index contributed by atoms with van der Waals surface area (Å²) in [4.78, 5) is 0. The number of rotatable bonds is 6. The minimum Gasteiger partial charge on any atom is -0.388 e. The van der Waals surface area contributed by atoms with Gasteiger partial charge in [0.2, 0.25) is 0 Å². The highest BCUT2D eigenvalue weighted by Gasteiger charge is 2.19. The predicted octanol–water partition coefficient (Wildman–Crippen LogP) is 8.08. The van der Waals surface area contributed by atoms with Crippen molar-refractivity contribution in [2.75, 3.05) is 5.32 Å². The molecule has 0 saturated heterocycles. The van der Waals surface area contributed by atoms with Gasteiger partial charge in [0.05, 0.1) is 22.2 Å². The van der Waals surface area contributed by atoms with Crippen LogP contribution in [0.2, 0.25) is 15.1 Å². The van der Waals surface area contributed by atoms with Crippen molar-refractivity contribution in [3.8, 4) is 0 Å². The second-order valence-electron chi connectivity index (χ2n) is 7.24. The highest BCUT2D eigenvalue weighted by atomic mass is 35.5. The molecule has 152 valence electrons. The largest absolute Gasteiger partial charge is 0.388 e. The zero-order chi connectivity index (χ0) is 21.1. The fraction of sp³-hybridized carbons (Fsp3) is 0.120. The molecule has 0 amide bonds. The number of aliphatic hydroxyl groups excluding tert-OH is 1. The molecule has 2 nitrogen and oxygen atoms in total. The van der Waals surface area contributed by atoms with Crippen molar-refractivity contribution in [2.24, 2.45) is 0 Å². The van der Waals surface area contributed by atoms with E-state index in [1.807, 2.05) is 72.8 Å². The molecule has 0 spiro atoms. The molecular formula is C25H20Cl3NO. The molecule has 30 heavy (non-hydrogen) atoms. The summed E-state index contributed by atoms with van der Waals surface area (Å²) in [6.07, 6.45) is -0.201. The van der Waals surface area contributed by atoms with E-state index in [1.54, 1.807) is 6.07 Å². The Morgan fingerprint density at radius 1 is 0.700 bits per heavy atom. The van der Waals surface area contributed by atoms with E-state index in [0.717, 1.165) is 27.6 Å². The molecule has 0 heterocycles. The van der Waals surface area contributed by atoms with Gasteiger partial charge in [-0.15, -0.1) is 0 Å². The van der Waals surface area contributed by atoms with Gasteiger partial charge in [0.1, 0.15) is 0 Å². The van der Waals surface area contributed by atoms with E-state index in [2.05, 4.69) is 11.4 Å². The highest BCUT2D eigenvalue weighted by Crippen LogP contribution is 2.34. The Balaban J connectivity index is 1.63. The molecule has 0 aliphatic rings. The average Bonchev–Trinajstić information content (AvgIpc) is 2.76. The molecule has 5 heteroatoms. The van der Waals surface area contributed by atoms with Gasteiger partial charge in [0, 0.05) is 17.1 Å². The molecule has 0 bridgehead atoms. The normalized spacial score (nSPS) is 13.2. The molecule has 0 fully saturated rings. The fourth-order valence-electron chi connectivity index (χ4n) is 3.53. The molecule has 2 atom stereocenters. The lowest BCUT2D eigenvalue weighted by Gasteiger charge is -2.24. The molecule has 2 N–H and O–H groups in total. The van der Waals surface area contributed by atoms with E-state index in [1.165, 1.54) is 0 Å². The first-order valence-electron chi connectivity index (χ1n) is 9.63. The monoisotopic (exact) mass is 455 g/mol. The zero-order valence-electron chi connectivity index (χ0n) is 16.0. The summed E-state index contributed by atoms with van der Waals surface area (Å²) in [5.41, 5.74) is 2.72. The second kappa shape index (κ2) is 9.28. The maximum Gasteiger partial charge on any atom is 0.0813 e. The van der Waals surface area contributed by atoms with Crippen LogP contribution in [0, 0.1) is 0 Å². The van der Waals surface area contributed by atoms with E-state index in [9.17, 15) is 5.11 Å². The lowest BCUT2D eigenvalue weighted by molar-refractivity contribution is 0.161.